The van der Waals surface area contributed by atoms with Gasteiger partial charge in [0, 0.05) is 68.8 Å². The number of carbonyl (C=O) groups excluding carboxylic acids is 8. The van der Waals surface area contributed by atoms with Crippen LogP contribution >= 0.6 is 23.7 Å². The molecule has 3 saturated heterocycles. The summed E-state index contributed by atoms with van der Waals surface area (Å²) < 4.78 is 21.9. The zero-order valence-corrected chi connectivity index (χ0v) is 53.3. The highest BCUT2D eigenvalue weighted by Gasteiger charge is 2.50. The molecular weight excluding hydrogens is 1290 g/mol. The first-order chi connectivity index (χ1) is 45.4. The van der Waals surface area contributed by atoms with Gasteiger partial charge in [-0.05, 0) is 73.9 Å². The Kier molecular flexibility index (Phi) is 25.6. The third-order valence-electron chi connectivity index (χ3n) is 16.3. The van der Waals surface area contributed by atoms with Crippen molar-refractivity contribution in [2.24, 2.45) is 11.7 Å². The average Bonchev–Trinajstić information content (AvgIpc) is 1.71. The standard InChI is InChI=1S/C60H77N11O22S2/c1-29-26-70-48(49(29)78)56(85)62-25-35(73)22-38(63-52(81)32-11-9-31(10-12-32)39-28-71-60(64-39)94-57(68-71)33-13-16-37(17-14-33)90-20-8-6-4-5-7-19-89-3)53(82)65-45(30(2)72)58(86)69-27-36(74)23-40(69)54(83)67-47(55(84)66-46(59(70)87)42(76)24-44(61)77)51(80)50(79)34-15-18-41(75)43(21-34)91-95-93-92-88/h9-18,21,28-30,35-36,38,40,42,45-51,72-76,78-80,88H,4-8,19-20,22-27H2,1-3H3,(H2,61,77)(H,62,85)(H,63,81)(H,65,82)(H,66,84)(H,67,83)/t29?,30?,35?,36?,38-,40?,42?,45?,46?,47?,48?,49?,50?,51?/m0/s1. The van der Waals surface area contributed by atoms with Gasteiger partial charge in [-0.2, -0.15) is 5.10 Å². The molecule has 3 fully saturated rings. The third kappa shape index (κ3) is 18.4. The SMILES string of the molecule is COCCCCCCCOc1ccc(-c2nn3cc(-c4ccc(C(=O)N[C@H]5CC(O)CNC(=O)C6C(O)C(C)CN6C(=O)C(C(O)CC(N)=O)NC(=O)C(C(O)C(O)c6ccc(O)c(OSOOO)c6)NC(=O)C6CC(O)CN6C(=O)C(C(C)O)NC5=O)cc4)nc3s2)cc1. The van der Waals surface area contributed by atoms with Gasteiger partial charge < -0.3 is 96.6 Å². The van der Waals surface area contributed by atoms with Gasteiger partial charge in [0.2, 0.25) is 46.3 Å². The fourth-order valence-electron chi connectivity index (χ4n) is 11.2. The number of carbonyl (C=O) groups is 8. The average molecular weight is 1370 g/mol. The number of hydrogen-bond acceptors (Lipinski definition) is 26. The maximum absolute atomic E-state index is 14.7. The van der Waals surface area contributed by atoms with Crippen LogP contribution in [-0.4, -0.2) is 231 Å². The van der Waals surface area contributed by atoms with Crippen LogP contribution in [0.2, 0.25) is 0 Å². The predicted octanol–water partition coefficient (Wildman–Crippen LogP) is -1.52. The van der Waals surface area contributed by atoms with Crippen LogP contribution in [0.1, 0.15) is 87.2 Å². The Labute approximate surface area is 551 Å². The molecule has 0 radical (unpaired) electrons. The number of ether oxygens (including phenoxy) is 2. The number of nitrogens with one attached hydrogen (secondary N) is 5. The van der Waals surface area contributed by atoms with Crippen molar-refractivity contribution in [3.63, 3.8) is 0 Å². The molecule has 13 unspecified atom stereocenters. The normalized spacial score (nSPS) is 24.7. The van der Waals surface area contributed by atoms with Crippen molar-refractivity contribution in [2.45, 2.75) is 144 Å². The number of aliphatic hydroxyl groups excluding tert-OH is 7. The van der Waals surface area contributed by atoms with E-state index in [1.54, 1.807) is 30.0 Å². The molecular formula is C60H77N11O22S2. The molecule has 3 aliphatic rings. The van der Waals surface area contributed by atoms with Crippen LogP contribution in [-0.2, 0) is 47.7 Å². The summed E-state index contributed by atoms with van der Waals surface area (Å²) in [5, 5.41) is 120. The highest BCUT2D eigenvalue weighted by Crippen LogP contribution is 2.35. The van der Waals surface area contributed by atoms with Crippen molar-refractivity contribution in [3.8, 4) is 39.1 Å². The van der Waals surface area contributed by atoms with Crippen LogP contribution in [0.25, 0.3) is 26.8 Å². The molecule has 3 aromatic carbocycles. The van der Waals surface area contributed by atoms with Crippen LogP contribution in [0.15, 0.2) is 72.9 Å². The number of methoxy groups -OCH3 is 1. The summed E-state index contributed by atoms with van der Waals surface area (Å²) in [4.78, 5) is 121. The fraction of sp³-hybridized carbons (Fsp3) is 0.500. The largest absolute Gasteiger partial charge is 0.504 e. The summed E-state index contributed by atoms with van der Waals surface area (Å²) in [6, 6.07) is 4.24. The molecule has 16 N–H and O–H groups in total. The van der Waals surface area contributed by atoms with E-state index in [2.05, 4.69) is 36.0 Å². The number of phenols is 1. The van der Waals surface area contributed by atoms with E-state index < -0.39 is 183 Å². The minimum absolute atomic E-state index is 0.0142. The lowest BCUT2D eigenvalue weighted by atomic mass is 9.96. The van der Waals surface area contributed by atoms with E-state index in [0.717, 1.165) is 84.9 Å². The van der Waals surface area contributed by atoms with Crippen LogP contribution in [0.5, 0.6) is 17.2 Å². The first-order valence-electron chi connectivity index (χ1n) is 30.4. The summed E-state index contributed by atoms with van der Waals surface area (Å²) in [7, 11) is 1.70. The van der Waals surface area contributed by atoms with E-state index in [0.29, 0.717) is 27.8 Å². The van der Waals surface area contributed by atoms with Gasteiger partial charge in [0.1, 0.15) is 59.2 Å². The number of fused-ring (bicyclic) bond motifs is 3. The Morgan fingerprint density at radius 3 is 2.13 bits per heavy atom. The van der Waals surface area contributed by atoms with Crippen molar-refractivity contribution >= 4 is 75.9 Å². The number of nitrogens with zero attached hydrogens (tertiary/aromatic N) is 5. The summed E-state index contributed by atoms with van der Waals surface area (Å²) in [6.07, 6.45) is -9.19. The molecule has 8 amide bonds. The number of rotatable bonds is 24. The Hall–Kier alpha value is -8.17. The Bertz CT molecular complexity index is 3460. The molecule has 0 saturated carbocycles. The summed E-state index contributed by atoms with van der Waals surface area (Å²) in [5.41, 5.74) is 6.96. The number of amides is 8. The number of unbranched alkanes of at least 4 members (excludes halogenated alkanes) is 4. The monoisotopic (exact) mass is 1370 g/mol. The van der Waals surface area contributed by atoms with Crippen molar-refractivity contribution in [1.29, 1.82) is 0 Å². The van der Waals surface area contributed by atoms with Gasteiger partial charge in [-0.1, -0.05) is 65.1 Å². The third-order valence-corrected chi connectivity index (χ3v) is 17.6. The first kappa shape index (κ1) is 72.7. The molecule has 95 heavy (non-hydrogen) atoms. The van der Waals surface area contributed by atoms with E-state index in [9.17, 15) is 79.2 Å². The number of aromatic nitrogens is 3. The zero-order chi connectivity index (χ0) is 68.8. The molecule has 35 heteroatoms. The van der Waals surface area contributed by atoms with Crippen molar-refractivity contribution in [1.82, 2.24) is 51.0 Å². The molecule has 0 spiro atoms. The van der Waals surface area contributed by atoms with Crippen LogP contribution in [0.4, 0.5) is 0 Å². The Morgan fingerprint density at radius 1 is 0.789 bits per heavy atom. The highest BCUT2D eigenvalue weighted by atomic mass is 32.2. The molecule has 8 rings (SSSR count). The van der Waals surface area contributed by atoms with Gasteiger partial charge >= 0.3 is 0 Å². The molecule has 2 aromatic heterocycles. The van der Waals surface area contributed by atoms with E-state index in [1.807, 2.05) is 24.3 Å². The second-order valence-corrected chi connectivity index (χ2v) is 24.7. The van der Waals surface area contributed by atoms with Gasteiger partial charge in [0.05, 0.1) is 55.4 Å². The van der Waals surface area contributed by atoms with Crippen LogP contribution < -0.4 is 41.2 Å². The number of nitrogens with two attached hydrogens (primary N) is 1. The van der Waals surface area contributed by atoms with E-state index in [1.165, 1.54) is 30.4 Å². The van der Waals surface area contributed by atoms with Gasteiger partial charge in [-0.3, -0.25) is 38.4 Å². The number of hydrogen-bond donors (Lipinski definition) is 15. The number of β-amino-alcohol motifs (C(OH)–C–C–N with tert-alkyl or cyclic N) is 1. The molecule has 14 atom stereocenters. The van der Waals surface area contributed by atoms with E-state index in [-0.39, 0.29) is 23.5 Å². The number of imidazole rings is 1. The van der Waals surface area contributed by atoms with Crippen LogP contribution in [0, 0.1) is 5.92 Å². The maximum Gasteiger partial charge on any atom is 0.261 e. The van der Waals surface area contributed by atoms with Gasteiger partial charge in [0.15, 0.2) is 11.5 Å². The lowest BCUT2D eigenvalue weighted by Gasteiger charge is -2.34. The summed E-state index contributed by atoms with van der Waals surface area (Å²) >= 11 is 1.32. The van der Waals surface area contributed by atoms with Crippen molar-refractivity contribution in [2.75, 3.05) is 40.0 Å². The summed E-state index contributed by atoms with van der Waals surface area (Å²) in [6.45, 7) is 2.05. The highest BCUT2D eigenvalue weighted by molar-refractivity contribution is 7.90. The smallest absolute Gasteiger partial charge is 0.261 e. The molecule has 5 heterocycles. The first-order valence-corrected chi connectivity index (χ1v) is 31.8. The minimum Gasteiger partial charge on any atom is -0.504 e. The molecule has 0 aliphatic carbocycles. The van der Waals surface area contributed by atoms with E-state index >= 15 is 0 Å². The minimum atomic E-state index is -2.53. The molecule has 3 aliphatic heterocycles. The van der Waals surface area contributed by atoms with Gasteiger partial charge in [-0.15, -0.1) is 0 Å². The predicted molar refractivity (Wildman–Crippen MR) is 333 cm³/mol. The summed E-state index contributed by atoms with van der Waals surface area (Å²) in [5.74, 6) is -11.2. The number of aliphatic hydroxyl groups is 7. The van der Waals surface area contributed by atoms with Crippen molar-refractivity contribution < 1.29 is 107 Å². The molecule has 33 nitrogen and oxygen atoms in total. The van der Waals surface area contributed by atoms with E-state index in [4.69, 9.17) is 34.7 Å². The topological polar surface area (TPSA) is 488 Å². The molecule has 0 bridgehead atoms. The number of benzene rings is 3. The molecule has 516 valence electrons. The van der Waals surface area contributed by atoms with Gasteiger partial charge in [-0.25, -0.2) is 14.8 Å². The lowest BCUT2D eigenvalue weighted by Crippen LogP contribution is -2.64. The quantitative estimate of drug-likeness (QED) is 0.0144. The second kappa shape index (κ2) is 33.5. The van der Waals surface area contributed by atoms with Crippen LogP contribution in [0.3, 0.4) is 0 Å². The maximum atomic E-state index is 14.7. The molecule has 5 aromatic rings. The van der Waals surface area contributed by atoms with Gasteiger partial charge in [0.25, 0.3) is 18.2 Å². The lowest BCUT2D eigenvalue weighted by molar-refractivity contribution is -0.433. The van der Waals surface area contributed by atoms with Crippen molar-refractivity contribution in [3.05, 3.63) is 84.1 Å². The Balaban J connectivity index is 1.05. The number of aromatic hydroxyl groups is 1. The zero-order valence-electron chi connectivity index (χ0n) is 51.7. The Morgan fingerprint density at radius 2 is 1.45 bits per heavy atom. The fourth-order valence-corrected chi connectivity index (χ4v) is 12.3. The number of primary amides is 1. The second-order valence-electron chi connectivity index (χ2n) is 23.3. The number of phenolic OH excluding ortho intramolecular Hbond substituents is 1.